The van der Waals surface area contributed by atoms with Crippen LogP contribution in [0, 0.1) is 0 Å². The van der Waals surface area contributed by atoms with E-state index in [1.807, 2.05) is 0 Å². The monoisotopic (exact) mass is 89.0 g/mol. The molecular weight excluding hydrogens is 84.1 g/mol. The SMILES string of the molecule is CNC([NH])=S. The normalized spacial score (nSPS) is 6.60. The van der Waals surface area contributed by atoms with Crippen molar-refractivity contribution >= 4 is 17.3 Å². The van der Waals surface area contributed by atoms with Gasteiger partial charge in [-0.15, -0.1) is 0 Å². The summed E-state index contributed by atoms with van der Waals surface area (Å²) in [5, 5.41) is 2.51. The Bertz CT molecular complexity index is 42.9. The van der Waals surface area contributed by atoms with Gasteiger partial charge < -0.3 is 5.32 Å². The van der Waals surface area contributed by atoms with Gasteiger partial charge in [0.1, 0.15) is 0 Å². The highest BCUT2D eigenvalue weighted by Crippen LogP contribution is 1.47. The summed E-state index contributed by atoms with van der Waals surface area (Å²) < 4.78 is 0. The number of hydrogen-bond acceptors (Lipinski definition) is 1. The van der Waals surface area contributed by atoms with Gasteiger partial charge in [0.25, 0.3) is 0 Å². The fraction of sp³-hybridized carbons (Fsp3) is 0.500. The predicted molar refractivity (Wildman–Crippen MR) is 24.8 cm³/mol. The molecule has 0 aromatic heterocycles. The molecule has 0 rings (SSSR count). The van der Waals surface area contributed by atoms with Crippen LogP contribution in [0.5, 0.6) is 0 Å². The predicted octanol–water partition coefficient (Wildman–Crippen LogP) is -0.226. The first kappa shape index (κ1) is 4.69. The van der Waals surface area contributed by atoms with Crippen LogP contribution in [-0.2, 0) is 0 Å². The Morgan fingerprint density at radius 3 is 2.20 bits per heavy atom. The number of hydrogen-bond donors (Lipinski definition) is 1. The molecule has 0 saturated carbocycles. The van der Waals surface area contributed by atoms with Gasteiger partial charge in [0, 0.05) is 7.05 Å². The van der Waals surface area contributed by atoms with Crippen LogP contribution in [0.25, 0.3) is 0 Å². The zero-order chi connectivity index (χ0) is 4.28. The van der Waals surface area contributed by atoms with E-state index in [1.54, 1.807) is 7.05 Å². The number of nitrogens with one attached hydrogen (secondary N) is 2. The van der Waals surface area contributed by atoms with Crippen molar-refractivity contribution in [3.05, 3.63) is 0 Å². The number of rotatable bonds is 0. The smallest absolute Gasteiger partial charge is 0.184 e. The Balaban J connectivity index is 2.85. The minimum Gasteiger partial charge on any atom is -0.364 e. The molecule has 5 heavy (non-hydrogen) atoms. The van der Waals surface area contributed by atoms with Crippen molar-refractivity contribution in [2.45, 2.75) is 0 Å². The van der Waals surface area contributed by atoms with Gasteiger partial charge in [-0.3, -0.25) is 5.73 Å². The van der Waals surface area contributed by atoms with E-state index in [1.165, 1.54) is 0 Å². The van der Waals surface area contributed by atoms with Crippen molar-refractivity contribution in [1.29, 1.82) is 0 Å². The Hall–Kier alpha value is -0.310. The van der Waals surface area contributed by atoms with E-state index in [0.717, 1.165) is 0 Å². The molecule has 2 nitrogen and oxygen atoms in total. The van der Waals surface area contributed by atoms with Gasteiger partial charge >= 0.3 is 0 Å². The second-order valence-corrected chi connectivity index (χ2v) is 0.987. The molecule has 0 unspecified atom stereocenters. The van der Waals surface area contributed by atoms with Crippen LogP contribution in [0.3, 0.4) is 0 Å². The van der Waals surface area contributed by atoms with E-state index in [0.29, 0.717) is 0 Å². The van der Waals surface area contributed by atoms with Gasteiger partial charge in [-0.1, -0.05) is 0 Å². The Morgan fingerprint density at radius 2 is 2.20 bits per heavy atom. The molecule has 0 aliphatic heterocycles. The largest absolute Gasteiger partial charge is 0.364 e. The summed E-state index contributed by atoms with van der Waals surface area (Å²) in [5.74, 6) is 0. The molecule has 0 aromatic rings. The topological polar surface area (TPSA) is 35.8 Å². The van der Waals surface area contributed by atoms with Crippen LogP contribution < -0.4 is 11.1 Å². The van der Waals surface area contributed by atoms with Crippen LogP contribution in [0.4, 0.5) is 0 Å². The minimum absolute atomic E-state index is 0.0880. The molecule has 0 saturated heterocycles. The third-order valence-electron chi connectivity index (χ3n) is 0.227. The summed E-state index contributed by atoms with van der Waals surface area (Å²) in [6, 6.07) is 0. The Morgan fingerprint density at radius 1 is 2.00 bits per heavy atom. The lowest BCUT2D eigenvalue weighted by Gasteiger charge is -1.83. The van der Waals surface area contributed by atoms with Gasteiger partial charge in [0.2, 0.25) is 0 Å². The molecule has 29 valence electrons. The lowest BCUT2D eigenvalue weighted by molar-refractivity contribution is 1.17. The van der Waals surface area contributed by atoms with Crippen LogP contribution in [-0.4, -0.2) is 12.2 Å². The van der Waals surface area contributed by atoms with Crippen molar-refractivity contribution < 1.29 is 0 Å². The third kappa shape index (κ3) is 3.69. The lowest BCUT2D eigenvalue weighted by atomic mass is 11.1. The van der Waals surface area contributed by atoms with E-state index in [-0.39, 0.29) is 5.11 Å². The van der Waals surface area contributed by atoms with E-state index in [2.05, 4.69) is 17.5 Å². The molecule has 0 heterocycles. The second kappa shape index (κ2) is 1.96. The molecule has 0 spiro atoms. The van der Waals surface area contributed by atoms with Gasteiger partial charge in [0.05, 0.1) is 0 Å². The summed E-state index contributed by atoms with van der Waals surface area (Å²) >= 11 is 4.25. The minimum atomic E-state index is 0.0880. The van der Waals surface area contributed by atoms with Crippen LogP contribution in [0.1, 0.15) is 0 Å². The maximum Gasteiger partial charge on any atom is 0.184 e. The average molecular weight is 89.1 g/mol. The second-order valence-electron chi connectivity index (χ2n) is 0.579. The lowest BCUT2D eigenvalue weighted by Crippen LogP contribution is -2.14. The molecule has 0 amide bonds. The Labute approximate surface area is 36.4 Å². The van der Waals surface area contributed by atoms with Crippen LogP contribution in [0.2, 0.25) is 0 Å². The zero-order valence-corrected chi connectivity index (χ0v) is 3.72. The highest BCUT2D eigenvalue weighted by molar-refractivity contribution is 7.80. The fourth-order valence-corrected chi connectivity index (χ4v) is 0. The molecule has 0 atom stereocenters. The van der Waals surface area contributed by atoms with Crippen molar-refractivity contribution in [2.24, 2.45) is 0 Å². The molecule has 0 bridgehead atoms. The van der Waals surface area contributed by atoms with Gasteiger partial charge in [-0.25, -0.2) is 0 Å². The van der Waals surface area contributed by atoms with E-state index < -0.39 is 0 Å². The van der Waals surface area contributed by atoms with Crippen LogP contribution >= 0.6 is 12.2 Å². The molecule has 0 fully saturated rings. The first-order valence-corrected chi connectivity index (χ1v) is 1.61. The summed E-state index contributed by atoms with van der Waals surface area (Å²) in [6.07, 6.45) is 0. The van der Waals surface area contributed by atoms with Crippen molar-refractivity contribution in [2.75, 3.05) is 7.05 Å². The third-order valence-corrected chi connectivity index (χ3v) is 0.431. The molecule has 0 aliphatic rings. The summed E-state index contributed by atoms with van der Waals surface area (Å²) in [7, 11) is 1.62. The van der Waals surface area contributed by atoms with E-state index in [4.69, 9.17) is 5.73 Å². The maximum atomic E-state index is 6.45. The fourth-order valence-electron chi connectivity index (χ4n) is 0. The summed E-state index contributed by atoms with van der Waals surface area (Å²) in [5.41, 5.74) is 6.45. The first-order valence-electron chi connectivity index (χ1n) is 1.20. The van der Waals surface area contributed by atoms with Gasteiger partial charge in [-0.05, 0) is 12.2 Å². The van der Waals surface area contributed by atoms with E-state index >= 15 is 0 Å². The molecule has 0 aliphatic carbocycles. The van der Waals surface area contributed by atoms with Crippen LogP contribution in [0.15, 0.2) is 0 Å². The average Bonchev–Trinajstić information content (AvgIpc) is 1.38. The quantitative estimate of drug-likeness (QED) is 0.416. The highest BCUT2D eigenvalue weighted by Gasteiger charge is 1.68. The molecule has 1 radical (unpaired) electrons. The molecule has 0 aromatic carbocycles. The first-order chi connectivity index (χ1) is 2.27. The van der Waals surface area contributed by atoms with Crippen molar-refractivity contribution in [1.82, 2.24) is 11.1 Å². The van der Waals surface area contributed by atoms with Crippen molar-refractivity contribution in [3.8, 4) is 0 Å². The Kier molecular flexibility index (Phi) is 1.84. The van der Waals surface area contributed by atoms with Gasteiger partial charge in [-0.2, -0.15) is 0 Å². The van der Waals surface area contributed by atoms with Gasteiger partial charge in [0.15, 0.2) is 5.11 Å². The van der Waals surface area contributed by atoms with E-state index in [9.17, 15) is 0 Å². The maximum absolute atomic E-state index is 6.45. The standard InChI is InChI=1S/C2H5N2S/c1-4-2(3)5/h3H,1H3,(H,4,5). The molecular formula is C2H5N2S. The number of thiocarbonyl (C=S) groups is 1. The van der Waals surface area contributed by atoms with Crippen molar-refractivity contribution in [3.63, 3.8) is 0 Å². The summed E-state index contributed by atoms with van der Waals surface area (Å²) in [6.45, 7) is 0. The molecule has 3 heteroatoms. The molecule has 2 N–H and O–H groups in total. The zero-order valence-electron chi connectivity index (χ0n) is 2.91. The summed E-state index contributed by atoms with van der Waals surface area (Å²) in [4.78, 5) is 0. The highest BCUT2D eigenvalue weighted by atomic mass is 32.1.